The monoisotopic (exact) mass is 486 g/mol. The Labute approximate surface area is 199 Å². The lowest BCUT2D eigenvalue weighted by Crippen LogP contribution is -2.16. The van der Waals surface area contributed by atoms with E-state index in [4.69, 9.17) is 30.5 Å². The Morgan fingerprint density at radius 1 is 1.06 bits per heavy atom. The van der Waals surface area contributed by atoms with Gasteiger partial charge in [0.1, 0.15) is 24.0 Å². The van der Waals surface area contributed by atoms with Gasteiger partial charge in [0.25, 0.3) is 0 Å². The Morgan fingerprint density at radius 2 is 1.91 bits per heavy atom. The van der Waals surface area contributed by atoms with Crippen molar-refractivity contribution in [1.82, 2.24) is 4.98 Å². The predicted molar refractivity (Wildman–Crippen MR) is 123 cm³/mol. The van der Waals surface area contributed by atoms with Crippen LogP contribution in [0.25, 0.3) is 0 Å². The molecular formula is C23H19ClN2O6S. The molecular weight excluding hydrogens is 468 g/mol. The number of para-hydroxylation sites is 1. The summed E-state index contributed by atoms with van der Waals surface area (Å²) in [7, 11) is 0. The van der Waals surface area contributed by atoms with Crippen molar-refractivity contribution in [3.63, 3.8) is 0 Å². The molecule has 0 unspecified atom stereocenters. The first-order valence-corrected chi connectivity index (χ1v) is 11.3. The molecule has 4 rings (SSSR count). The van der Waals surface area contributed by atoms with Crippen LogP contribution in [0.15, 0.2) is 65.8 Å². The number of thioether (sulfide) groups is 1. The van der Waals surface area contributed by atoms with Crippen LogP contribution in [-0.2, 0) is 9.53 Å². The molecule has 0 bridgehead atoms. The summed E-state index contributed by atoms with van der Waals surface area (Å²) < 4.78 is 21.4. The maximum absolute atomic E-state index is 12.5. The van der Waals surface area contributed by atoms with Gasteiger partial charge in [-0.2, -0.15) is 0 Å². The summed E-state index contributed by atoms with van der Waals surface area (Å²) in [4.78, 5) is 29.1. The number of hydrogen-bond donors (Lipinski definition) is 1. The summed E-state index contributed by atoms with van der Waals surface area (Å²) in [6, 6.07) is 15.4. The number of benzene rings is 2. The Bertz CT molecular complexity index is 1160. The van der Waals surface area contributed by atoms with Crippen LogP contribution < -0.4 is 19.5 Å². The number of carbonyl (C=O) groups is 2. The van der Waals surface area contributed by atoms with E-state index in [1.54, 1.807) is 60.8 Å². The first kappa shape index (κ1) is 22.8. The molecule has 0 spiro atoms. The van der Waals surface area contributed by atoms with Gasteiger partial charge in [0.15, 0.2) is 11.5 Å². The number of fused-ring (bicyclic) bond motifs is 1. The lowest BCUT2D eigenvalue weighted by atomic mass is 10.3. The molecule has 170 valence electrons. The quantitative estimate of drug-likeness (QED) is 0.269. The van der Waals surface area contributed by atoms with Crippen LogP contribution in [0, 0.1) is 0 Å². The number of anilines is 1. The van der Waals surface area contributed by atoms with E-state index in [1.807, 2.05) is 0 Å². The number of pyridine rings is 1. The van der Waals surface area contributed by atoms with Crippen molar-refractivity contribution < 1.29 is 28.5 Å². The topological polar surface area (TPSA) is 96.0 Å². The van der Waals surface area contributed by atoms with Crippen LogP contribution in [0.1, 0.15) is 10.4 Å². The molecule has 0 aliphatic carbocycles. The molecule has 1 N–H and O–H groups in total. The van der Waals surface area contributed by atoms with Crippen molar-refractivity contribution in [2.45, 2.75) is 5.03 Å². The number of esters is 1. The van der Waals surface area contributed by atoms with E-state index >= 15 is 0 Å². The van der Waals surface area contributed by atoms with Gasteiger partial charge in [-0.25, -0.2) is 9.78 Å². The Hall–Kier alpha value is -3.43. The van der Waals surface area contributed by atoms with Gasteiger partial charge in [0.2, 0.25) is 12.7 Å². The van der Waals surface area contributed by atoms with E-state index in [0.717, 1.165) is 11.8 Å². The fraction of sp³-hybridized carbons (Fsp3) is 0.174. The summed E-state index contributed by atoms with van der Waals surface area (Å²) in [6.45, 7) is 0.344. The first-order chi connectivity index (χ1) is 16.1. The molecule has 0 saturated heterocycles. The summed E-state index contributed by atoms with van der Waals surface area (Å²) in [5.41, 5.74) is 0.861. The average Bonchev–Trinajstić information content (AvgIpc) is 3.29. The Morgan fingerprint density at radius 3 is 2.79 bits per heavy atom. The zero-order valence-corrected chi connectivity index (χ0v) is 18.9. The highest BCUT2D eigenvalue weighted by molar-refractivity contribution is 8.00. The number of hydrogen-bond acceptors (Lipinski definition) is 8. The summed E-state index contributed by atoms with van der Waals surface area (Å²) >= 11 is 7.17. The highest BCUT2D eigenvalue weighted by atomic mass is 35.5. The highest BCUT2D eigenvalue weighted by Gasteiger charge is 2.17. The van der Waals surface area contributed by atoms with Crippen molar-refractivity contribution in [1.29, 1.82) is 0 Å². The summed E-state index contributed by atoms with van der Waals surface area (Å²) in [5, 5.41) is 3.66. The molecule has 0 radical (unpaired) electrons. The minimum absolute atomic E-state index is 0.0354. The SMILES string of the molecule is O=C(CSc1ncccc1C(=O)OCCOc1ccccc1Cl)Nc1ccc2c(c1)OCO2. The third-order valence-electron chi connectivity index (χ3n) is 4.40. The van der Waals surface area contributed by atoms with Gasteiger partial charge in [-0.05, 0) is 36.4 Å². The van der Waals surface area contributed by atoms with Crippen LogP contribution in [0.5, 0.6) is 17.2 Å². The molecule has 1 amide bonds. The van der Waals surface area contributed by atoms with E-state index in [9.17, 15) is 9.59 Å². The maximum Gasteiger partial charge on any atom is 0.341 e. The molecule has 1 aliphatic heterocycles. The third-order valence-corrected chi connectivity index (χ3v) is 5.72. The lowest BCUT2D eigenvalue weighted by Gasteiger charge is -2.10. The van der Waals surface area contributed by atoms with E-state index in [-0.39, 0.29) is 37.2 Å². The largest absolute Gasteiger partial charge is 0.488 e. The summed E-state index contributed by atoms with van der Waals surface area (Å²) in [5.74, 6) is 0.981. The summed E-state index contributed by atoms with van der Waals surface area (Å²) in [6.07, 6.45) is 1.55. The smallest absolute Gasteiger partial charge is 0.341 e. The molecule has 33 heavy (non-hydrogen) atoms. The number of aromatic nitrogens is 1. The number of nitrogens with zero attached hydrogens (tertiary/aromatic N) is 1. The minimum atomic E-state index is -0.551. The van der Waals surface area contributed by atoms with Gasteiger partial charge in [-0.3, -0.25) is 4.79 Å². The number of amides is 1. The molecule has 1 aliphatic rings. The molecule has 0 fully saturated rings. The van der Waals surface area contributed by atoms with Crippen molar-refractivity contribution >= 4 is 40.9 Å². The van der Waals surface area contributed by atoms with Crippen molar-refractivity contribution in [2.75, 3.05) is 31.1 Å². The van der Waals surface area contributed by atoms with Gasteiger partial charge >= 0.3 is 5.97 Å². The van der Waals surface area contributed by atoms with Crippen LogP contribution in [0.4, 0.5) is 5.69 Å². The van der Waals surface area contributed by atoms with Crippen LogP contribution in [0.3, 0.4) is 0 Å². The van der Waals surface area contributed by atoms with Crippen molar-refractivity contribution in [3.8, 4) is 17.2 Å². The molecule has 10 heteroatoms. The second-order valence-electron chi connectivity index (χ2n) is 6.68. The molecule has 0 atom stereocenters. The van der Waals surface area contributed by atoms with Gasteiger partial charge in [0.05, 0.1) is 16.3 Å². The van der Waals surface area contributed by atoms with Gasteiger partial charge in [-0.15, -0.1) is 0 Å². The fourth-order valence-electron chi connectivity index (χ4n) is 2.89. The maximum atomic E-state index is 12.5. The van der Waals surface area contributed by atoms with Crippen LogP contribution in [-0.4, -0.2) is 42.6 Å². The van der Waals surface area contributed by atoms with Gasteiger partial charge < -0.3 is 24.3 Å². The second kappa shape index (κ2) is 10.9. The minimum Gasteiger partial charge on any atom is -0.488 e. The van der Waals surface area contributed by atoms with Crippen molar-refractivity contribution in [3.05, 3.63) is 71.4 Å². The molecule has 0 saturated carbocycles. The standard InChI is InChI=1S/C23H19ClN2O6S/c24-17-5-1-2-6-18(17)29-10-11-30-23(28)16-4-3-9-25-22(16)33-13-21(27)26-15-7-8-19-20(12-15)32-14-31-19/h1-9,12H,10-11,13-14H2,(H,26,27). The van der Waals surface area contributed by atoms with E-state index in [1.165, 1.54) is 0 Å². The number of ether oxygens (including phenoxy) is 4. The highest BCUT2D eigenvalue weighted by Crippen LogP contribution is 2.34. The van der Waals surface area contributed by atoms with Gasteiger partial charge in [-0.1, -0.05) is 35.5 Å². The van der Waals surface area contributed by atoms with E-state index < -0.39 is 5.97 Å². The van der Waals surface area contributed by atoms with E-state index in [0.29, 0.717) is 33.0 Å². The lowest BCUT2D eigenvalue weighted by molar-refractivity contribution is -0.113. The van der Waals surface area contributed by atoms with Crippen LogP contribution in [0.2, 0.25) is 5.02 Å². The number of halogens is 1. The molecule has 2 aromatic carbocycles. The first-order valence-electron chi connectivity index (χ1n) is 9.92. The predicted octanol–water partition coefficient (Wildman–Crippen LogP) is 4.43. The fourth-order valence-corrected chi connectivity index (χ4v) is 3.86. The third kappa shape index (κ3) is 6.09. The molecule has 2 heterocycles. The molecule has 1 aromatic heterocycles. The molecule has 8 nitrogen and oxygen atoms in total. The normalized spacial score (nSPS) is 11.7. The second-order valence-corrected chi connectivity index (χ2v) is 8.05. The number of carbonyl (C=O) groups excluding carboxylic acids is 2. The zero-order valence-electron chi connectivity index (χ0n) is 17.3. The number of rotatable bonds is 9. The zero-order chi connectivity index (χ0) is 23.0. The average molecular weight is 487 g/mol. The Kier molecular flexibility index (Phi) is 7.54. The van der Waals surface area contributed by atoms with E-state index in [2.05, 4.69) is 10.3 Å². The van der Waals surface area contributed by atoms with Crippen molar-refractivity contribution in [2.24, 2.45) is 0 Å². The molecule has 3 aromatic rings. The Balaban J connectivity index is 1.27. The van der Waals surface area contributed by atoms with Crippen LogP contribution >= 0.6 is 23.4 Å². The van der Waals surface area contributed by atoms with Gasteiger partial charge in [0, 0.05) is 18.0 Å². The number of nitrogens with one attached hydrogen (secondary N) is 1.